The number of nitrogens with zero attached hydrogens (tertiary/aromatic N) is 3. The fraction of sp³-hybridized carbons (Fsp3) is 0.545. The Labute approximate surface area is 84.4 Å². The van der Waals surface area contributed by atoms with Crippen molar-refractivity contribution in [3.8, 4) is 0 Å². The zero-order valence-corrected chi connectivity index (χ0v) is 8.81. The SMILES string of the molecule is CC(C)(C)C1=NC2C=NC=CC2C=N1. The van der Waals surface area contributed by atoms with Gasteiger partial charge in [-0.2, -0.15) is 0 Å². The molecule has 0 N–H and O–H groups in total. The second kappa shape index (κ2) is 3.15. The van der Waals surface area contributed by atoms with E-state index in [2.05, 4.69) is 35.7 Å². The lowest BCUT2D eigenvalue weighted by Gasteiger charge is -2.26. The number of aliphatic imine (C=N–C) groups is 3. The van der Waals surface area contributed by atoms with Crippen molar-refractivity contribution in [1.82, 2.24) is 0 Å². The van der Waals surface area contributed by atoms with E-state index in [1.807, 2.05) is 24.7 Å². The Hall–Kier alpha value is -1.25. The van der Waals surface area contributed by atoms with Crippen LogP contribution in [0.2, 0.25) is 0 Å². The zero-order chi connectivity index (χ0) is 10.2. The van der Waals surface area contributed by atoms with Crippen molar-refractivity contribution in [2.45, 2.75) is 26.8 Å². The predicted octanol–water partition coefficient (Wildman–Crippen LogP) is 2.10. The van der Waals surface area contributed by atoms with E-state index in [1.165, 1.54) is 0 Å². The molecule has 0 spiro atoms. The van der Waals surface area contributed by atoms with Crippen molar-refractivity contribution < 1.29 is 0 Å². The number of amidine groups is 1. The summed E-state index contributed by atoms with van der Waals surface area (Å²) in [5, 5.41) is 0. The fourth-order valence-corrected chi connectivity index (χ4v) is 1.48. The summed E-state index contributed by atoms with van der Waals surface area (Å²) >= 11 is 0. The molecule has 3 nitrogen and oxygen atoms in total. The number of hydrogen-bond acceptors (Lipinski definition) is 3. The van der Waals surface area contributed by atoms with Gasteiger partial charge >= 0.3 is 0 Å². The Morgan fingerprint density at radius 2 is 2.00 bits per heavy atom. The summed E-state index contributed by atoms with van der Waals surface area (Å²) in [5.41, 5.74) is 0.0243. The Morgan fingerprint density at radius 3 is 2.71 bits per heavy atom. The zero-order valence-electron chi connectivity index (χ0n) is 8.81. The molecular weight excluding hydrogens is 174 g/mol. The lowest BCUT2D eigenvalue weighted by Crippen LogP contribution is -2.31. The van der Waals surface area contributed by atoms with Gasteiger partial charge in [0.1, 0.15) is 5.84 Å². The van der Waals surface area contributed by atoms with E-state index >= 15 is 0 Å². The molecule has 2 atom stereocenters. The van der Waals surface area contributed by atoms with E-state index in [0.29, 0.717) is 5.92 Å². The third-order valence-corrected chi connectivity index (χ3v) is 2.34. The topological polar surface area (TPSA) is 37.1 Å². The first-order valence-electron chi connectivity index (χ1n) is 4.90. The van der Waals surface area contributed by atoms with Gasteiger partial charge in [0.25, 0.3) is 0 Å². The van der Waals surface area contributed by atoms with Gasteiger partial charge in [0, 0.05) is 30.0 Å². The molecule has 2 aliphatic heterocycles. The lowest BCUT2D eigenvalue weighted by atomic mass is 9.92. The molecule has 2 heterocycles. The van der Waals surface area contributed by atoms with Gasteiger partial charge < -0.3 is 0 Å². The second-order valence-electron chi connectivity index (χ2n) is 4.69. The summed E-state index contributed by atoms with van der Waals surface area (Å²) in [6, 6.07) is 0.159. The lowest BCUT2D eigenvalue weighted by molar-refractivity contribution is 0.572. The highest BCUT2D eigenvalue weighted by Crippen LogP contribution is 2.23. The molecule has 74 valence electrons. The van der Waals surface area contributed by atoms with Gasteiger partial charge in [-0.25, -0.2) is 4.99 Å². The first-order chi connectivity index (χ1) is 6.57. The maximum Gasteiger partial charge on any atom is 0.128 e. The Morgan fingerprint density at radius 1 is 1.21 bits per heavy atom. The molecule has 0 radical (unpaired) electrons. The summed E-state index contributed by atoms with van der Waals surface area (Å²) in [4.78, 5) is 13.1. The summed E-state index contributed by atoms with van der Waals surface area (Å²) in [5.74, 6) is 1.22. The first kappa shape index (κ1) is 9.31. The molecular formula is C11H15N3. The Bertz CT molecular complexity index is 342. The molecule has 14 heavy (non-hydrogen) atoms. The molecule has 0 amide bonds. The van der Waals surface area contributed by atoms with Gasteiger partial charge in [0.15, 0.2) is 0 Å². The van der Waals surface area contributed by atoms with Crippen LogP contribution in [0, 0.1) is 11.3 Å². The highest BCUT2D eigenvalue weighted by molar-refractivity contribution is 5.98. The third kappa shape index (κ3) is 1.67. The number of hydrogen-bond donors (Lipinski definition) is 0. The van der Waals surface area contributed by atoms with Crippen molar-refractivity contribution in [3.63, 3.8) is 0 Å². The molecule has 3 heteroatoms. The molecule has 0 aliphatic carbocycles. The average molecular weight is 189 g/mol. The van der Waals surface area contributed by atoms with Crippen LogP contribution in [0.25, 0.3) is 0 Å². The summed E-state index contributed by atoms with van der Waals surface area (Å²) < 4.78 is 0. The molecule has 2 aliphatic rings. The average Bonchev–Trinajstić information content (AvgIpc) is 2.16. The highest BCUT2D eigenvalue weighted by atomic mass is 15.0. The fourth-order valence-electron chi connectivity index (χ4n) is 1.48. The van der Waals surface area contributed by atoms with Crippen LogP contribution in [0.15, 0.2) is 27.3 Å². The Kier molecular flexibility index (Phi) is 2.10. The van der Waals surface area contributed by atoms with Gasteiger partial charge in [-0.05, 0) is 0 Å². The van der Waals surface area contributed by atoms with Crippen LogP contribution in [0.5, 0.6) is 0 Å². The van der Waals surface area contributed by atoms with Crippen molar-refractivity contribution in [1.29, 1.82) is 0 Å². The predicted molar refractivity (Wildman–Crippen MR) is 60.3 cm³/mol. The summed E-state index contributed by atoms with van der Waals surface area (Å²) in [6.45, 7) is 6.37. The summed E-state index contributed by atoms with van der Waals surface area (Å²) in [6.07, 6.45) is 7.71. The largest absolute Gasteiger partial charge is 0.267 e. The van der Waals surface area contributed by atoms with E-state index in [1.54, 1.807) is 0 Å². The first-order valence-corrected chi connectivity index (χ1v) is 4.90. The van der Waals surface area contributed by atoms with Gasteiger partial charge in [-0.15, -0.1) is 0 Å². The minimum Gasteiger partial charge on any atom is -0.267 e. The van der Waals surface area contributed by atoms with Gasteiger partial charge in [0.2, 0.25) is 0 Å². The van der Waals surface area contributed by atoms with Crippen LogP contribution in [0.4, 0.5) is 0 Å². The third-order valence-electron chi connectivity index (χ3n) is 2.34. The van der Waals surface area contributed by atoms with Crippen molar-refractivity contribution in [2.24, 2.45) is 26.3 Å². The van der Waals surface area contributed by atoms with Crippen LogP contribution in [-0.2, 0) is 0 Å². The maximum atomic E-state index is 4.59. The van der Waals surface area contributed by atoms with Crippen LogP contribution in [0.3, 0.4) is 0 Å². The molecule has 0 aromatic rings. The Balaban J connectivity index is 2.26. The van der Waals surface area contributed by atoms with Crippen molar-refractivity contribution >= 4 is 18.3 Å². The van der Waals surface area contributed by atoms with Crippen molar-refractivity contribution in [3.05, 3.63) is 12.3 Å². The minimum atomic E-state index is 0.0243. The van der Waals surface area contributed by atoms with E-state index < -0.39 is 0 Å². The van der Waals surface area contributed by atoms with E-state index in [4.69, 9.17) is 0 Å². The van der Waals surface area contributed by atoms with Crippen LogP contribution in [-0.4, -0.2) is 24.3 Å². The van der Waals surface area contributed by atoms with Crippen LogP contribution < -0.4 is 0 Å². The number of fused-ring (bicyclic) bond motifs is 1. The molecule has 0 saturated carbocycles. The molecule has 0 aromatic heterocycles. The van der Waals surface area contributed by atoms with Crippen LogP contribution in [0.1, 0.15) is 20.8 Å². The minimum absolute atomic E-state index is 0.0243. The molecule has 2 unspecified atom stereocenters. The standard InChI is InChI=1S/C11H15N3/c1-11(2,3)10-13-6-8-4-5-12-7-9(8)14-10/h4-9H,1-3H3. The van der Waals surface area contributed by atoms with E-state index in [0.717, 1.165) is 5.84 Å². The monoisotopic (exact) mass is 189 g/mol. The van der Waals surface area contributed by atoms with Gasteiger partial charge in [0.05, 0.1) is 6.04 Å². The quantitative estimate of drug-likeness (QED) is 0.559. The maximum absolute atomic E-state index is 4.59. The van der Waals surface area contributed by atoms with Gasteiger partial charge in [-0.3, -0.25) is 9.98 Å². The van der Waals surface area contributed by atoms with Gasteiger partial charge in [-0.1, -0.05) is 26.8 Å². The van der Waals surface area contributed by atoms with E-state index in [-0.39, 0.29) is 11.5 Å². The molecule has 0 aromatic carbocycles. The second-order valence-corrected chi connectivity index (χ2v) is 4.69. The smallest absolute Gasteiger partial charge is 0.128 e. The highest BCUT2D eigenvalue weighted by Gasteiger charge is 2.26. The molecule has 0 bridgehead atoms. The van der Waals surface area contributed by atoms with Crippen LogP contribution >= 0.6 is 0 Å². The van der Waals surface area contributed by atoms with Crippen molar-refractivity contribution in [2.75, 3.05) is 0 Å². The van der Waals surface area contributed by atoms with E-state index in [9.17, 15) is 0 Å². The number of rotatable bonds is 0. The summed E-state index contributed by atoms with van der Waals surface area (Å²) in [7, 11) is 0. The molecule has 0 saturated heterocycles. The molecule has 0 fully saturated rings. The molecule has 2 rings (SSSR count). The normalized spacial score (nSPS) is 30.1.